The Morgan fingerprint density at radius 2 is 2.05 bits per heavy atom. The second-order valence-electron chi connectivity index (χ2n) is 4.78. The van der Waals surface area contributed by atoms with Gasteiger partial charge in [-0.25, -0.2) is 14.6 Å². The minimum atomic E-state index is -0.0248. The molecule has 0 saturated heterocycles. The Bertz CT molecular complexity index is 721. The molecule has 0 spiro atoms. The zero-order valence-corrected chi connectivity index (χ0v) is 11.8. The van der Waals surface area contributed by atoms with Gasteiger partial charge in [0.25, 0.3) is 0 Å². The summed E-state index contributed by atoms with van der Waals surface area (Å²) in [5.41, 5.74) is 1.69. The highest BCUT2D eigenvalue weighted by Crippen LogP contribution is 2.22. The van der Waals surface area contributed by atoms with E-state index in [1.807, 2.05) is 37.3 Å². The lowest BCUT2D eigenvalue weighted by molar-refractivity contribution is 0.271. The Kier molecular flexibility index (Phi) is 3.79. The number of aliphatic hydroxyl groups is 1. The fraction of sp³-hybridized carbons (Fsp3) is 0.267. The van der Waals surface area contributed by atoms with E-state index in [1.54, 1.807) is 10.9 Å². The van der Waals surface area contributed by atoms with Gasteiger partial charge in [-0.15, -0.1) is 0 Å². The lowest BCUT2D eigenvalue weighted by Crippen LogP contribution is -2.23. The predicted octanol–water partition coefficient (Wildman–Crippen LogP) is 2.00. The Morgan fingerprint density at radius 1 is 1.24 bits per heavy atom. The number of para-hydroxylation sites is 1. The average Bonchev–Trinajstić information content (AvgIpc) is 2.98. The summed E-state index contributed by atoms with van der Waals surface area (Å²) in [6.45, 7) is 2.08. The Morgan fingerprint density at radius 3 is 2.76 bits per heavy atom. The third-order valence-corrected chi connectivity index (χ3v) is 3.42. The van der Waals surface area contributed by atoms with Gasteiger partial charge in [0.2, 0.25) is 0 Å². The molecule has 0 saturated carbocycles. The van der Waals surface area contributed by atoms with Gasteiger partial charge >= 0.3 is 0 Å². The van der Waals surface area contributed by atoms with Gasteiger partial charge < -0.3 is 10.4 Å². The quantitative estimate of drug-likeness (QED) is 0.749. The lowest BCUT2D eigenvalue weighted by atomic mass is 10.2. The molecule has 108 valence electrons. The number of nitrogens with one attached hydrogen (secondary N) is 1. The number of anilines is 1. The highest BCUT2D eigenvalue weighted by atomic mass is 16.3. The van der Waals surface area contributed by atoms with Gasteiger partial charge in [-0.2, -0.15) is 5.10 Å². The van der Waals surface area contributed by atoms with Crippen molar-refractivity contribution in [2.75, 3.05) is 11.9 Å². The van der Waals surface area contributed by atoms with Crippen LogP contribution in [0.2, 0.25) is 0 Å². The first kappa shape index (κ1) is 13.5. The molecule has 0 bridgehead atoms. The van der Waals surface area contributed by atoms with Gasteiger partial charge in [-0.05, 0) is 18.6 Å². The second-order valence-corrected chi connectivity index (χ2v) is 4.78. The molecule has 2 N–H and O–H groups in total. The number of aromatic nitrogens is 4. The second kappa shape index (κ2) is 5.88. The molecule has 2 heterocycles. The normalized spacial score (nSPS) is 12.5. The van der Waals surface area contributed by atoms with Crippen molar-refractivity contribution in [2.24, 2.45) is 0 Å². The molecule has 0 aliphatic rings. The van der Waals surface area contributed by atoms with Crippen molar-refractivity contribution in [3.8, 4) is 5.69 Å². The van der Waals surface area contributed by atoms with E-state index >= 15 is 0 Å². The summed E-state index contributed by atoms with van der Waals surface area (Å²) >= 11 is 0. The summed E-state index contributed by atoms with van der Waals surface area (Å²) in [6.07, 6.45) is 4.07. The maximum absolute atomic E-state index is 9.32. The molecular formula is C15H17N5O. The van der Waals surface area contributed by atoms with Crippen LogP contribution in [0.1, 0.15) is 13.3 Å². The molecule has 0 aliphatic carbocycles. The summed E-state index contributed by atoms with van der Waals surface area (Å²) < 4.78 is 1.78. The molecule has 6 heteroatoms. The summed E-state index contributed by atoms with van der Waals surface area (Å²) in [7, 11) is 0. The number of benzene rings is 1. The Balaban J connectivity index is 2.04. The van der Waals surface area contributed by atoms with Crippen molar-refractivity contribution in [2.45, 2.75) is 19.4 Å². The van der Waals surface area contributed by atoms with Crippen molar-refractivity contribution in [3.05, 3.63) is 42.9 Å². The molecular weight excluding hydrogens is 266 g/mol. The van der Waals surface area contributed by atoms with Crippen molar-refractivity contribution < 1.29 is 5.11 Å². The lowest BCUT2D eigenvalue weighted by Gasteiger charge is -2.14. The van der Waals surface area contributed by atoms with Crippen LogP contribution in [-0.4, -0.2) is 37.5 Å². The molecule has 0 aliphatic heterocycles. The third-order valence-electron chi connectivity index (χ3n) is 3.42. The van der Waals surface area contributed by atoms with E-state index in [2.05, 4.69) is 20.4 Å². The van der Waals surface area contributed by atoms with Crippen LogP contribution in [0, 0.1) is 0 Å². The highest BCUT2D eigenvalue weighted by molar-refractivity contribution is 5.87. The molecule has 6 nitrogen and oxygen atoms in total. The van der Waals surface area contributed by atoms with Gasteiger partial charge in [0.1, 0.15) is 12.1 Å². The molecule has 1 aromatic carbocycles. The fourth-order valence-corrected chi connectivity index (χ4v) is 2.19. The molecule has 3 aromatic rings. The van der Waals surface area contributed by atoms with E-state index in [0.717, 1.165) is 23.1 Å². The van der Waals surface area contributed by atoms with Crippen LogP contribution in [0.25, 0.3) is 16.7 Å². The van der Waals surface area contributed by atoms with Gasteiger partial charge in [-0.1, -0.05) is 25.1 Å². The van der Waals surface area contributed by atoms with Gasteiger partial charge in [0, 0.05) is 0 Å². The van der Waals surface area contributed by atoms with Crippen molar-refractivity contribution in [1.82, 2.24) is 19.7 Å². The van der Waals surface area contributed by atoms with Crippen LogP contribution >= 0.6 is 0 Å². The Hall–Kier alpha value is -2.47. The fourth-order valence-electron chi connectivity index (χ4n) is 2.19. The third kappa shape index (κ3) is 2.57. The summed E-state index contributed by atoms with van der Waals surface area (Å²) in [6, 6.07) is 9.81. The van der Waals surface area contributed by atoms with Gasteiger partial charge in [0.05, 0.1) is 29.9 Å². The van der Waals surface area contributed by atoms with Crippen LogP contribution in [0.4, 0.5) is 5.82 Å². The Labute approximate surface area is 122 Å². The average molecular weight is 283 g/mol. The van der Waals surface area contributed by atoms with E-state index in [9.17, 15) is 5.11 Å². The van der Waals surface area contributed by atoms with Crippen molar-refractivity contribution in [3.63, 3.8) is 0 Å². The number of nitrogens with zero attached hydrogens (tertiary/aromatic N) is 4. The molecule has 0 unspecified atom stereocenters. The maximum atomic E-state index is 9.32. The van der Waals surface area contributed by atoms with Crippen LogP contribution in [0.5, 0.6) is 0 Å². The molecule has 0 amide bonds. The van der Waals surface area contributed by atoms with Crippen molar-refractivity contribution >= 4 is 16.9 Å². The molecule has 2 aromatic heterocycles. The van der Waals surface area contributed by atoms with E-state index in [-0.39, 0.29) is 12.6 Å². The van der Waals surface area contributed by atoms with Crippen LogP contribution in [0.15, 0.2) is 42.9 Å². The van der Waals surface area contributed by atoms with Crippen LogP contribution < -0.4 is 5.32 Å². The molecule has 3 rings (SSSR count). The van der Waals surface area contributed by atoms with Gasteiger partial charge in [0.15, 0.2) is 5.65 Å². The number of hydrogen-bond acceptors (Lipinski definition) is 5. The van der Waals surface area contributed by atoms with Crippen molar-refractivity contribution in [1.29, 1.82) is 0 Å². The van der Waals surface area contributed by atoms with Gasteiger partial charge in [-0.3, -0.25) is 0 Å². The minimum Gasteiger partial charge on any atom is -0.394 e. The highest BCUT2D eigenvalue weighted by Gasteiger charge is 2.13. The molecule has 21 heavy (non-hydrogen) atoms. The van der Waals surface area contributed by atoms with E-state index in [0.29, 0.717) is 5.82 Å². The zero-order valence-electron chi connectivity index (χ0n) is 11.8. The first-order valence-corrected chi connectivity index (χ1v) is 6.95. The predicted molar refractivity (Wildman–Crippen MR) is 81.4 cm³/mol. The van der Waals surface area contributed by atoms with E-state index in [1.165, 1.54) is 6.33 Å². The summed E-state index contributed by atoms with van der Waals surface area (Å²) in [5.74, 6) is 0.697. The minimum absolute atomic E-state index is 0.0248. The monoisotopic (exact) mass is 283 g/mol. The van der Waals surface area contributed by atoms with E-state index in [4.69, 9.17) is 0 Å². The van der Waals surface area contributed by atoms with Crippen LogP contribution in [-0.2, 0) is 0 Å². The SMILES string of the molecule is CC[C@H](CO)Nc1ncnc2c1cnn2-c1ccccc1. The maximum Gasteiger partial charge on any atom is 0.168 e. The first-order valence-electron chi connectivity index (χ1n) is 6.95. The summed E-state index contributed by atoms with van der Waals surface area (Å²) in [5, 5.41) is 17.8. The zero-order chi connectivity index (χ0) is 14.7. The number of hydrogen-bond donors (Lipinski definition) is 2. The summed E-state index contributed by atoms with van der Waals surface area (Å²) in [4.78, 5) is 8.59. The standard InChI is InChI=1S/C15H17N5O/c1-2-11(9-21)19-14-13-8-18-20(15(13)17-10-16-14)12-6-4-3-5-7-12/h3-8,10-11,21H,2,9H2,1H3,(H,16,17,19)/t11-/m1/s1. The number of aliphatic hydroxyl groups excluding tert-OH is 1. The largest absolute Gasteiger partial charge is 0.394 e. The molecule has 0 radical (unpaired) electrons. The number of fused-ring (bicyclic) bond motifs is 1. The smallest absolute Gasteiger partial charge is 0.168 e. The number of rotatable bonds is 5. The first-order chi connectivity index (χ1) is 10.3. The van der Waals surface area contributed by atoms with E-state index < -0.39 is 0 Å². The topological polar surface area (TPSA) is 75.9 Å². The molecule has 1 atom stereocenters. The van der Waals surface area contributed by atoms with Crippen LogP contribution in [0.3, 0.4) is 0 Å². The molecule has 0 fully saturated rings.